The van der Waals surface area contributed by atoms with Crippen LogP contribution in [0.2, 0.25) is 0 Å². The summed E-state index contributed by atoms with van der Waals surface area (Å²) in [5.74, 6) is 0.103. The number of benzene rings is 1. The smallest absolute Gasteiger partial charge is 0.151 e. The molecular formula is C14H21NO3S. The van der Waals surface area contributed by atoms with E-state index in [-0.39, 0.29) is 18.1 Å². The average molecular weight is 283 g/mol. The Kier molecular flexibility index (Phi) is 3.73. The molecule has 1 fully saturated rings. The van der Waals surface area contributed by atoms with Gasteiger partial charge in [-0.3, -0.25) is 0 Å². The van der Waals surface area contributed by atoms with Crippen molar-refractivity contribution < 1.29 is 13.5 Å². The lowest BCUT2D eigenvalue weighted by atomic mass is 9.69. The molecule has 0 radical (unpaired) electrons. The van der Waals surface area contributed by atoms with Crippen LogP contribution in [0, 0.1) is 5.41 Å². The number of rotatable bonds is 4. The van der Waals surface area contributed by atoms with E-state index < -0.39 is 20.9 Å². The molecule has 2 unspecified atom stereocenters. The highest BCUT2D eigenvalue weighted by atomic mass is 32.2. The van der Waals surface area contributed by atoms with Gasteiger partial charge in [-0.2, -0.15) is 0 Å². The van der Waals surface area contributed by atoms with E-state index in [0.29, 0.717) is 12.8 Å². The van der Waals surface area contributed by atoms with Gasteiger partial charge in [-0.05, 0) is 18.9 Å². The SMILES string of the molecule is CC(O)(Cc1ccccc1)C1(CN)CCS(=O)(=O)C1. The number of hydrogen-bond acceptors (Lipinski definition) is 4. The fourth-order valence-corrected chi connectivity index (χ4v) is 5.16. The van der Waals surface area contributed by atoms with E-state index in [4.69, 9.17) is 5.73 Å². The summed E-state index contributed by atoms with van der Waals surface area (Å²) in [6, 6.07) is 9.60. The van der Waals surface area contributed by atoms with Gasteiger partial charge in [-0.1, -0.05) is 30.3 Å². The van der Waals surface area contributed by atoms with Crippen molar-refractivity contribution in [3.05, 3.63) is 35.9 Å². The van der Waals surface area contributed by atoms with Crippen molar-refractivity contribution in [2.45, 2.75) is 25.4 Å². The predicted octanol–water partition coefficient (Wildman–Crippen LogP) is 0.744. The van der Waals surface area contributed by atoms with Crippen LogP contribution < -0.4 is 5.73 Å². The third-order valence-corrected chi connectivity index (χ3v) is 6.13. The molecule has 0 aromatic heterocycles. The van der Waals surface area contributed by atoms with Crippen LogP contribution in [0.5, 0.6) is 0 Å². The van der Waals surface area contributed by atoms with E-state index in [1.165, 1.54) is 0 Å². The largest absolute Gasteiger partial charge is 0.389 e. The monoisotopic (exact) mass is 283 g/mol. The Hall–Kier alpha value is -0.910. The summed E-state index contributed by atoms with van der Waals surface area (Å²) >= 11 is 0. The molecule has 1 heterocycles. The summed E-state index contributed by atoms with van der Waals surface area (Å²) in [7, 11) is -3.08. The summed E-state index contributed by atoms with van der Waals surface area (Å²) in [5, 5.41) is 10.8. The molecule has 2 atom stereocenters. The lowest BCUT2D eigenvalue weighted by Crippen LogP contribution is -2.53. The van der Waals surface area contributed by atoms with E-state index in [0.717, 1.165) is 5.56 Å². The van der Waals surface area contributed by atoms with E-state index in [2.05, 4.69) is 0 Å². The van der Waals surface area contributed by atoms with Gasteiger partial charge in [0.15, 0.2) is 9.84 Å². The first-order valence-corrected chi connectivity index (χ1v) is 8.29. The number of aliphatic hydroxyl groups is 1. The second-order valence-corrected chi connectivity index (χ2v) is 7.95. The zero-order valence-electron chi connectivity index (χ0n) is 11.2. The molecular weight excluding hydrogens is 262 g/mol. The highest BCUT2D eigenvalue weighted by Crippen LogP contribution is 2.42. The van der Waals surface area contributed by atoms with Crippen LogP contribution in [0.25, 0.3) is 0 Å². The number of nitrogens with two attached hydrogens (primary N) is 1. The molecule has 4 nitrogen and oxygen atoms in total. The minimum atomic E-state index is -3.08. The van der Waals surface area contributed by atoms with Gasteiger partial charge < -0.3 is 10.8 Å². The van der Waals surface area contributed by atoms with Crippen LogP contribution in [-0.2, 0) is 16.3 Å². The van der Waals surface area contributed by atoms with E-state index in [9.17, 15) is 13.5 Å². The summed E-state index contributed by atoms with van der Waals surface area (Å²) in [6.07, 6.45) is 0.853. The van der Waals surface area contributed by atoms with Crippen LogP contribution in [0.1, 0.15) is 18.9 Å². The third kappa shape index (κ3) is 2.83. The van der Waals surface area contributed by atoms with Gasteiger partial charge in [0.2, 0.25) is 0 Å². The Morgan fingerprint density at radius 2 is 2.00 bits per heavy atom. The Bertz CT molecular complexity index is 539. The zero-order valence-corrected chi connectivity index (χ0v) is 12.0. The fraction of sp³-hybridized carbons (Fsp3) is 0.571. The first-order chi connectivity index (χ1) is 8.80. The minimum Gasteiger partial charge on any atom is -0.389 e. The Morgan fingerprint density at radius 3 is 2.47 bits per heavy atom. The van der Waals surface area contributed by atoms with Gasteiger partial charge in [-0.15, -0.1) is 0 Å². The van der Waals surface area contributed by atoms with Gasteiger partial charge in [0, 0.05) is 18.4 Å². The lowest BCUT2D eigenvalue weighted by molar-refractivity contribution is -0.0516. The van der Waals surface area contributed by atoms with Crippen LogP contribution in [-0.4, -0.2) is 37.2 Å². The maximum absolute atomic E-state index is 11.7. The Labute approximate surface area is 114 Å². The predicted molar refractivity (Wildman–Crippen MR) is 75.5 cm³/mol. The van der Waals surface area contributed by atoms with Crippen LogP contribution >= 0.6 is 0 Å². The first-order valence-electron chi connectivity index (χ1n) is 6.47. The third-order valence-electron chi connectivity index (χ3n) is 4.31. The van der Waals surface area contributed by atoms with E-state index in [1.54, 1.807) is 6.92 Å². The minimum absolute atomic E-state index is 0.0175. The second kappa shape index (κ2) is 4.89. The van der Waals surface area contributed by atoms with Gasteiger partial charge in [0.1, 0.15) is 0 Å². The van der Waals surface area contributed by atoms with Gasteiger partial charge in [-0.25, -0.2) is 8.42 Å². The molecule has 19 heavy (non-hydrogen) atoms. The number of hydrogen-bond donors (Lipinski definition) is 2. The van der Waals surface area contributed by atoms with Crippen molar-refractivity contribution in [2.75, 3.05) is 18.1 Å². The number of sulfone groups is 1. The van der Waals surface area contributed by atoms with E-state index >= 15 is 0 Å². The Morgan fingerprint density at radius 1 is 1.37 bits per heavy atom. The summed E-state index contributed by atoms with van der Waals surface area (Å²) < 4.78 is 23.5. The molecule has 1 aromatic carbocycles. The summed E-state index contributed by atoms with van der Waals surface area (Å²) in [4.78, 5) is 0. The van der Waals surface area contributed by atoms with Gasteiger partial charge in [0.25, 0.3) is 0 Å². The normalized spacial score (nSPS) is 29.0. The lowest BCUT2D eigenvalue weighted by Gasteiger charge is -2.41. The average Bonchev–Trinajstić information content (AvgIpc) is 2.67. The second-order valence-electron chi connectivity index (χ2n) is 5.76. The molecule has 0 amide bonds. The molecule has 0 bridgehead atoms. The van der Waals surface area contributed by atoms with Crippen molar-refractivity contribution in [2.24, 2.45) is 11.1 Å². The summed E-state index contributed by atoms with van der Waals surface area (Å²) in [5.41, 5.74) is 4.94. The topological polar surface area (TPSA) is 80.4 Å². The van der Waals surface area contributed by atoms with Gasteiger partial charge >= 0.3 is 0 Å². The molecule has 1 aromatic rings. The molecule has 1 aliphatic rings. The van der Waals surface area contributed by atoms with Gasteiger partial charge in [0.05, 0.1) is 17.1 Å². The molecule has 3 N–H and O–H groups in total. The van der Waals surface area contributed by atoms with Crippen LogP contribution in [0.4, 0.5) is 0 Å². The maximum Gasteiger partial charge on any atom is 0.151 e. The molecule has 0 spiro atoms. The standard InChI is InChI=1S/C14H21NO3S/c1-13(16,9-12-5-3-2-4-6-12)14(10-15)7-8-19(17,18)11-14/h2-6,16H,7-11,15H2,1H3. The molecule has 1 aliphatic heterocycles. The molecule has 1 saturated heterocycles. The zero-order chi connectivity index (χ0) is 14.1. The van der Waals surface area contributed by atoms with Crippen molar-refractivity contribution >= 4 is 9.84 Å². The fourth-order valence-electron chi connectivity index (χ4n) is 2.90. The molecule has 0 aliphatic carbocycles. The van der Waals surface area contributed by atoms with Crippen molar-refractivity contribution in [1.82, 2.24) is 0 Å². The molecule has 5 heteroatoms. The van der Waals surface area contributed by atoms with Crippen molar-refractivity contribution in [3.63, 3.8) is 0 Å². The molecule has 106 valence electrons. The highest BCUT2D eigenvalue weighted by Gasteiger charge is 2.52. The highest BCUT2D eigenvalue weighted by molar-refractivity contribution is 7.91. The quantitative estimate of drug-likeness (QED) is 0.854. The molecule has 0 saturated carbocycles. The first kappa shape index (κ1) is 14.5. The summed E-state index contributed by atoms with van der Waals surface area (Å²) in [6.45, 7) is 1.89. The van der Waals surface area contributed by atoms with Crippen molar-refractivity contribution in [1.29, 1.82) is 0 Å². The molecule has 2 rings (SSSR count). The Balaban J connectivity index is 2.27. The maximum atomic E-state index is 11.7. The van der Waals surface area contributed by atoms with Crippen LogP contribution in [0.15, 0.2) is 30.3 Å². The van der Waals surface area contributed by atoms with Crippen LogP contribution in [0.3, 0.4) is 0 Å². The van der Waals surface area contributed by atoms with E-state index in [1.807, 2.05) is 30.3 Å². The van der Waals surface area contributed by atoms with Crippen molar-refractivity contribution in [3.8, 4) is 0 Å².